The molecule has 8 nitrogen and oxygen atoms in total. The lowest BCUT2D eigenvalue weighted by Crippen LogP contribution is -2.20. The van der Waals surface area contributed by atoms with Gasteiger partial charge in [0, 0.05) is 11.6 Å². The molecule has 8 heteroatoms. The lowest BCUT2D eigenvalue weighted by Gasteiger charge is -2.06. The lowest BCUT2D eigenvalue weighted by molar-refractivity contribution is -0.386. The Kier molecular flexibility index (Phi) is 2.39. The number of phenols is 1. The molecule has 1 aromatic carbocycles. The summed E-state index contributed by atoms with van der Waals surface area (Å²) in [5.41, 5.74) is -0.434. The van der Waals surface area contributed by atoms with Crippen LogP contribution in [0.2, 0.25) is 0 Å². The standard InChI is InChI=1S/C9H6N2O6/c12-6-2-1-4(3-5(6)11(15)16)7-8(13)10-9(14)17-7/h1-3,7,12H,(H,10,13,14). The number of imide groups is 1. The van der Waals surface area contributed by atoms with Gasteiger partial charge in [-0.2, -0.15) is 0 Å². The number of benzene rings is 1. The smallest absolute Gasteiger partial charge is 0.415 e. The molecule has 1 aliphatic rings. The lowest BCUT2D eigenvalue weighted by atomic mass is 10.1. The number of carbonyl (C=O) groups is 2. The Bertz CT molecular complexity index is 526. The van der Waals surface area contributed by atoms with E-state index in [-0.39, 0.29) is 5.56 Å². The molecule has 0 bridgehead atoms. The molecule has 17 heavy (non-hydrogen) atoms. The van der Waals surface area contributed by atoms with E-state index in [4.69, 9.17) is 0 Å². The summed E-state index contributed by atoms with van der Waals surface area (Å²) in [4.78, 5) is 31.8. The zero-order chi connectivity index (χ0) is 12.6. The minimum Gasteiger partial charge on any atom is -0.502 e. The van der Waals surface area contributed by atoms with E-state index in [2.05, 4.69) is 4.74 Å². The van der Waals surface area contributed by atoms with E-state index in [0.717, 1.165) is 12.1 Å². The van der Waals surface area contributed by atoms with Gasteiger partial charge in [-0.15, -0.1) is 0 Å². The third kappa shape index (κ3) is 1.87. The number of nitro benzene ring substituents is 1. The summed E-state index contributed by atoms with van der Waals surface area (Å²) < 4.78 is 4.63. The number of phenolic OH excluding ortho intramolecular Hbond substituents is 1. The molecular formula is C9H6N2O6. The Morgan fingerprint density at radius 1 is 1.41 bits per heavy atom. The van der Waals surface area contributed by atoms with Gasteiger partial charge in [0.25, 0.3) is 5.91 Å². The molecule has 88 valence electrons. The fourth-order valence-corrected chi connectivity index (χ4v) is 1.43. The van der Waals surface area contributed by atoms with Gasteiger partial charge in [0.2, 0.25) is 6.10 Å². The van der Waals surface area contributed by atoms with Crippen molar-refractivity contribution < 1.29 is 24.4 Å². The molecule has 0 aliphatic carbocycles. The van der Waals surface area contributed by atoms with Crippen LogP contribution in [0.1, 0.15) is 11.7 Å². The predicted octanol–water partition coefficient (Wildman–Crippen LogP) is 0.608. The highest BCUT2D eigenvalue weighted by Gasteiger charge is 2.34. The monoisotopic (exact) mass is 238 g/mol. The van der Waals surface area contributed by atoms with Crippen molar-refractivity contribution in [3.8, 4) is 5.75 Å². The predicted molar refractivity (Wildman–Crippen MR) is 52.1 cm³/mol. The summed E-state index contributed by atoms with van der Waals surface area (Å²) in [5, 5.41) is 21.7. The fraction of sp³-hybridized carbons (Fsp3) is 0.111. The van der Waals surface area contributed by atoms with Gasteiger partial charge >= 0.3 is 11.8 Å². The molecule has 1 atom stereocenters. The molecule has 1 aromatic rings. The quantitative estimate of drug-likeness (QED) is 0.575. The zero-order valence-electron chi connectivity index (χ0n) is 8.25. The molecule has 2 rings (SSSR count). The second-order valence-electron chi connectivity index (χ2n) is 3.28. The average molecular weight is 238 g/mol. The minimum atomic E-state index is -1.22. The second kappa shape index (κ2) is 3.74. The fourth-order valence-electron chi connectivity index (χ4n) is 1.43. The summed E-state index contributed by atoms with van der Waals surface area (Å²) in [6, 6.07) is 3.32. The van der Waals surface area contributed by atoms with Crippen LogP contribution >= 0.6 is 0 Å². The summed E-state index contributed by atoms with van der Waals surface area (Å²) in [5.74, 6) is -1.22. The zero-order valence-corrected chi connectivity index (χ0v) is 8.25. The number of rotatable bonds is 2. The Morgan fingerprint density at radius 3 is 2.65 bits per heavy atom. The van der Waals surface area contributed by atoms with E-state index < -0.39 is 34.5 Å². The highest BCUT2D eigenvalue weighted by molar-refractivity contribution is 6.00. The first kappa shape index (κ1) is 10.9. The summed E-state index contributed by atoms with van der Waals surface area (Å²) in [7, 11) is 0. The van der Waals surface area contributed by atoms with Crippen LogP contribution in [-0.2, 0) is 9.53 Å². The largest absolute Gasteiger partial charge is 0.502 e. The Labute approximate surface area is 94.0 Å². The summed E-state index contributed by atoms with van der Waals surface area (Å²) in [6.45, 7) is 0. The third-order valence-electron chi connectivity index (χ3n) is 2.19. The van der Waals surface area contributed by atoms with E-state index in [1.54, 1.807) is 0 Å². The van der Waals surface area contributed by atoms with Crippen molar-refractivity contribution in [1.82, 2.24) is 5.32 Å². The maximum absolute atomic E-state index is 11.3. The van der Waals surface area contributed by atoms with E-state index in [1.165, 1.54) is 6.07 Å². The van der Waals surface area contributed by atoms with E-state index in [0.29, 0.717) is 0 Å². The van der Waals surface area contributed by atoms with Crippen LogP contribution in [0, 0.1) is 10.1 Å². The highest BCUT2D eigenvalue weighted by Crippen LogP contribution is 2.31. The molecule has 1 fully saturated rings. The molecule has 0 spiro atoms. The molecule has 0 radical (unpaired) electrons. The number of nitro groups is 1. The number of ether oxygens (including phenoxy) is 1. The highest BCUT2D eigenvalue weighted by atomic mass is 16.6. The first-order chi connectivity index (χ1) is 7.99. The Balaban J connectivity index is 2.40. The van der Waals surface area contributed by atoms with Gasteiger partial charge in [0.15, 0.2) is 5.75 Å². The van der Waals surface area contributed by atoms with Crippen LogP contribution in [0.25, 0.3) is 0 Å². The van der Waals surface area contributed by atoms with Crippen molar-refractivity contribution in [1.29, 1.82) is 0 Å². The van der Waals surface area contributed by atoms with Gasteiger partial charge in [-0.05, 0) is 6.07 Å². The molecule has 1 saturated heterocycles. The Hall–Kier alpha value is -2.64. The second-order valence-corrected chi connectivity index (χ2v) is 3.28. The maximum atomic E-state index is 11.3. The maximum Gasteiger partial charge on any atom is 0.415 e. The van der Waals surface area contributed by atoms with Crippen LogP contribution in [0.3, 0.4) is 0 Å². The van der Waals surface area contributed by atoms with Crippen LogP contribution in [-0.4, -0.2) is 22.0 Å². The number of nitrogens with zero attached hydrogens (tertiary/aromatic N) is 1. The minimum absolute atomic E-state index is 0.123. The molecule has 2 amide bonds. The van der Waals surface area contributed by atoms with Crippen LogP contribution < -0.4 is 5.32 Å². The molecule has 1 heterocycles. The number of alkyl carbamates (subject to hydrolysis) is 1. The van der Waals surface area contributed by atoms with Gasteiger partial charge in [-0.25, -0.2) is 4.79 Å². The van der Waals surface area contributed by atoms with Crippen LogP contribution in [0.15, 0.2) is 18.2 Å². The first-order valence-electron chi connectivity index (χ1n) is 4.48. The van der Waals surface area contributed by atoms with E-state index >= 15 is 0 Å². The van der Waals surface area contributed by atoms with Crippen molar-refractivity contribution in [3.63, 3.8) is 0 Å². The number of carbonyl (C=O) groups excluding carboxylic acids is 2. The Morgan fingerprint density at radius 2 is 2.12 bits per heavy atom. The van der Waals surface area contributed by atoms with Gasteiger partial charge in [0.05, 0.1) is 4.92 Å². The molecule has 0 saturated carbocycles. The van der Waals surface area contributed by atoms with E-state index in [9.17, 15) is 24.8 Å². The van der Waals surface area contributed by atoms with Crippen molar-refractivity contribution >= 4 is 17.7 Å². The number of amides is 2. The third-order valence-corrected chi connectivity index (χ3v) is 2.19. The normalized spacial score (nSPS) is 18.7. The van der Waals surface area contributed by atoms with Gasteiger partial charge in [-0.1, -0.05) is 6.07 Å². The summed E-state index contributed by atoms with van der Waals surface area (Å²) >= 11 is 0. The first-order valence-corrected chi connectivity index (χ1v) is 4.48. The van der Waals surface area contributed by atoms with Crippen molar-refractivity contribution in [2.45, 2.75) is 6.10 Å². The van der Waals surface area contributed by atoms with Gasteiger partial charge < -0.3 is 9.84 Å². The van der Waals surface area contributed by atoms with Crippen LogP contribution in [0.4, 0.5) is 10.5 Å². The molecule has 2 N–H and O–H groups in total. The topological polar surface area (TPSA) is 119 Å². The van der Waals surface area contributed by atoms with Crippen LogP contribution in [0.5, 0.6) is 5.75 Å². The van der Waals surface area contributed by atoms with Crippen molar-refractivity contribution in [2.24, 2.45) is 0 Å². The van der Waals surface area contributed by atoms with Crippen molar-refractivity contribution in [3.05, 3.63) is 33.9 Å². The number of hydrogen-bond donors (Lipinski definition) is 2. The molecular weight excluding hydrogens is 232 g/mol. The number of cyclic esters (lactones) is 1. The SMILES string of the molecule is O=C1NC(=O)C(c2ccc(O)c([N+](=O)[O-])c2)O1. The number of hydrogen-bond acceptors (Lipinski definition) is 6. The van der Waals surface area contributed by atoms with E-state index in [1.807, 2.05) is 5.32 Å². The van der Waals surface area contributed by atoms with Gasteiger partial charge in [-0.3, -0.25) is 20.2 Å². The summed E-state index contributed by atoms with van der Waals surface area (Å²) in [6.07, 6.45) is -2.13. The number of aromatic hydroxyl groups is 1. The van der Waals surface area contributed by atoms with Gasteiger partial charge in [0.1, 0.15) is 0 Å². The average Bonchev–Trinajstić information content (AvgIpc) is 2.58. The molecule has 0 aromatic heterocycles. The van der Waals surface area contributed by atoms with Crippen molar-refractivity contribution in [2.75, 3.05) is 0 Å². The molecule has 1 aliphatic heterocycles. The number of nitrogens with one attached hydrogen (secondary N) is 1. The molecule has 1 unspecified atom stereocenters.